The molecule has 0 aliphatic heterocycles. The van der Waals surface area contributed by atoms with Gasteiger partial charge in [-0.15, -0.1) is 0 Å². The van der Waals surface area contributed by atoms with Gasteiger partial charge in [0.15, 0.2) is 0 Å². The van der Waals surface area contributed by atoms with Crippen LogP contribution >= 0.6 is 0 Å². The Morgan fingerprint density at radius 2 is 1.73 bits per heavy atom. The lowest BCUT2D eigenvalue weighted by Crippen LogP contribution is -2.36. The van der Waals surface area contributed by atoms with E-state index < -0.39 is 0 Å². The fraction of sp³-hybridized carbons (Fsp3) is 1.00. The van der Waals surface area contributed by atoms with Crippen LogP contribution in [0.2, 0.25) is 0 Å². The number of nitrogens with one attached hydrogen (secondary N) is 1. The smallest absolute Gasteiger partial charge is 0.0107 e. The number of likely N-dealkylation sites (N-methyl/N-ethyl adjacent to an activating group) is 1. The summed E-state index contributed by atoms with van der Waals surface area (Å²) in [7, 11) is 2.30. The Morgan fingerprint density at radius 1 is 1.07 bits per heavy atom. The SMILES string of the molecule is CCCNCCN(C)C1CCCCCC1. The van der Waals surface area contributed by atoms with Crippen molar-refractivity contribution in [1.29, 1.82) is 0 Å². The summed E-state index contributed by atoms with van der Waals surface area (Å²) < 4.78 is 0. The van der Waals surface area contributed by atoms with Gasteiger partial charge < -0.3 is 10.2 Å². The van der Waals surface area contributed by atoms with Crippen molar-refractivity contribution < 1.29 is 0 Å². The highest BCUT2D eigenvalue weighted by Gasteiger charge is 2.15. The van der Waals surface area contributed by atoms with Crippen molar-refractivity contribution in [2.24, 2.45) is 0 Å². The molecule has 1 aliphatic carbocycles. The first-order valence-corrected chi connectivity index (χ1v) is 6.75. The van der Waals surface area contributed by atoms with Crippen molar-refractivity contribution in [2.45, 2.75) is 57.9 Å². The number of nitrogens with zero attached hydrogens (tertiary/aromatic N) is 1. The molecule has 15 heavy (non-hydrogen) atoms. The van der Waals surface area contributed by atoms with Gasteiger partial charge in [0.2, 0.25) is 0 Å². The van der Waals surface area contributed by atoms with Gasteiger partial charge in [-0.05, 0) is 32.9 Å². The first-order valence-electron chi connectivity index (χ1n) is 6.75. The first-order chi connectivity index (χ1) is 7.34. The topological polar surface area (TPSA) is 15.3 Å². The Labute approximate surface area is 95.4 Å². The van der Waals surface area contributed by atoms with Gasteiger partial charge in [-0.2, -0.15) is 0 Å². The molecular formula is C13H28N2. The summed E-state index contributed by atoms with van der Waals surface area (Å²) in [6.07, 6.45) is 9.88. The van der Waals surface area contributed by atoms with Crippen molar-refractivity contribution in [1.82, 2.24) is 10.2 Å². The highest BCUT2D eigenvalue weighted by atomic mass is 15.1. The van der Waals surface area contributed by atoms with Crippen LogP contribution in [-0.2, 0) is 0 Å². The number of rotatable bonds is 6. The fourth-order valence-electron chi connectivity index (χ4n) is 2.44. The molecule has 90 valence electrons. The zero-order chi connectivity index (χ0) is 10.9. The molecule has 0 heterocycles. The van der Waals surface area contributed by atoms with E-state index in [-0.39, 0.29) is 0 Å². The minimum absolute atomic E-state index is 0.857. The number of hydrogen-bond donors (Lipinski definition) is 1. The molecule has 1 N–H and O–H groups in total. The first kappa shape index (κ1) is 13.0. The Kier molecular flexibility index (Phi) is 7.03. The lowest BCUT2D eigenvalue weighted by Gasteiger charge is -2.27. The van der Waals surface area contributed by atoms with E-state index >= 15 is 0 Å². The molecule has 1 rings (SSSR count). The van der Waals surface area contributed by atoms with E-state index in [0.717, 1.165) is 12.6 Å². The second kappa shape index (κ2) is 8.12. The third-order valence-electron chi connectivity index (χ3n) is 3.52. The summed E-state index contributed by atoms with van der Waals surface area (Å²) in [4.78, 5) is 2.56. The zero-order valence-corrected chi connectivity index (χ0v) is 10.6. The van der Waals surface area contributed by atoms with Crippen LogP contribution in [0.5, 0.6) is 0 Å². The van der Waals surface area contributed by atoms with Crippen LogP contribution in [0, 0.1) is 0 Å². The van der Waals surface area contributed by atoms with Crippen LogP contribution in [0.1, 0.15) is 51.9 Å². The average Bonchev–Trinajstić information content (AvgIpc) is 2.52. The van der Waals surface area contributed by atoms with Gasteiger partial charge in [-0.25, -0.2) is 0 Å². The predicted molar refractivity (Wildman–Crippen MR) is 67.3 cm³/mol. The normalized spacial score (nSPS) is 19.4. The van der Waals surface area contributed by atoms with E-state index in [2.05, 4.69) is 24.2 Å². The molecular weight excluding hydrogens is 184 g/mol. The van der Waals surface area contributed by atoms with Gasteiger partial charge >= 0.3 is 0 Å². The predicted octanol–water partition coefficient (Wildman–Crippen LogP) is 2.64. The summed E-state index contributed by atoms with van der Waals surface area (Å²) in [5.41, 5.74) is 0. The molecule has 0 amide bonds. The maximum atomic E-state index is 3.48. The van der Waals surface area contributed by atoms with Gasteiger partial charge in [-0.3, -0.25) is 0 Å². The third-order valence-corrected chi connectivity index (χ3v) is 3.52. The van der Waals surface area contributed by atoms with Crippen molar-refractivity contribution in [3.63, 3.8) is 0 Å². The largest absolute Gasteiger partial charge is 0.315 e. The maximum Gasteiger partial charge on any atom is 0.0107 e. The lowest BCUT2D eigenvalue weighted by molar-refractivity contribution is 0.221. The molecule has 0 radical (unpaired) electrons. The van der Waals surface area contributed by atoms with E-state index in [1.54, 1.807) is 0 Å². The minimum Gasteiger partial charge on any atom is -0.315 e. The van der Waals surface area contributed by atoms with Crippen molar-refractivity contribution in [3.05, 3.63) is 0 Å². The average molecular weight is 212 g/mol. The quantitative estimate of drug-likeness (QED) is 0.538. The van der Waals surface area contributed by atoms with Crippen LogP contribution in [0.3, 0.4) is 0 Å². The van der Waals surface area contributed by atoms with Crippen molar-refractivity contribution in [2.75, 3.05) is 26.7 Å². The van der Waals surface area contributed by atoms with E-state index in [0.29, 0.717) is 0 Å². The summed E-state index contributed by atoms with van der Waals surface area (Å²) in [6, 6.07) is 0.857. The Bertz CT molecular complexity index is 139. The molecule has 1 fully saturated rings. The maximum absolute atomic E-state index is 3.48. The molecule has 0 aromatic heterocycles. The van der Waals surface area contributed by atoms with Gasteiger partial charge in [-0.1, -0.05) is 32.6 Å². The Morgan fingerprint density at radius 3 is 2.33 bits per heavy atom. The number of hydrogen-bond acceptors (Lipinski definition) is 2. The molecule has 0 atom stereocenters. The van der Waals surface area contributed by atoms with Gasteiger partial charge in [0, 0.05) is 19.1 Å². The van der Waals surface area contributed by atoms with Crippen LogP contribution in [0.4, 0.5) is 0 Å². The molecule has 0 unspecified atom stereocenters. The van der Waals surface area contributed by atoms with E-state index in [9.17, 15) is 0 Å². The molecule has 0 spiro atoms. The lowest BCUT2D eigenvalue weighted by atomic mass is 10.1. The summed E-state index contributed by atoms with van der Waals surface area (Å²) in [5, 5.41) is 3.48. The molecule has 1 saturated carbocycles. The van der Waals surface area contributed by atoms with Crippen molar-refractivity contribution >= 4 is 0 Å². The standard InChI is InChI=1S/C13H28N2/c1-3-10-14-11-12-15(2)13-8-6-4-5-7-9-13/h13-14H,3-12H2,1-2H3. The van der Waals surface area contributed by atoms with Crippen LogP contribution in [0.15, 0.2) is 0 Å². The minimum atomic E-state index is 0.857. The van der Waals surface area contributed by atoms with Crippen molar-refractivity contribution in [3.8, 4) is 0 Å². The molecule has 0 aromatic rings. The second-order valence-electron chi connectivity index (χ2n) is 4.88. The molecule has 2 heteroatoms. The molecule has 0 bridgehead atoms. The Hall–Kier alpha value is -0.0800. The van der Waals surface area contributed by atoms with Gasteiger partial charge in [0.25, 0.3) is 0 Å². The van der Waals surface area contributed by atoms with E-state index in [1.807, 2.05) is 0 Å². The summed E-state index contributed by atoms with van der Waals surface area (Å²) in [5.74, 6) is 0. The summed E-state index contributed by atoms with van der Waals surface area (Å²) in [6.45, 7) is 5.76. The second-order valence-corrected chi connectivity index (χ2v) is 4.88. The van der Waals surface area contributed by atoms with Crippen LogP contribution in [-0.4, -0.2) is 37.6 Å². The highest BCUT2D eigenvalue weighted by Crippen LogP contribution is 2.20. The monoisotopic (exact) mass is 212 g/mol. The molecule has 2 nitrogen and oxygen atoms in total. The van der Waals surface area contributed by atoms with Gasteiger partial charge in [0.05, 0.1) is 0 Å². The van der Waals surface area contributed by atoms with Crippen LogP contribution < -0.4 is 5.32 Å². The van der Waals surface area contributed by atoms with E-state index in [4.69, 9.17) is 0 Å². The summed E-state index contributed by atoms with van der Waals surface area (Å²) >= 11 is 0. The van der Waals surface area contributed by atoms with E-state index in [1.165, 1.54) is 58.0 Å². The third kappa shape index (κ3) is 5.53. The molecule has 1 aliphatic rings. The molecule has 0 saturated heterocycles. The van der Waals surface area contributed by atoms with Crippen LogP contribution in [0.25, 0.3) is 0 Å². The Balaban J connectivity index is 2.11. The highest BCUT2D eigenvalue weighted by molar-refractivity contribution is 4.72. The van der Waals surface area contributed by atoms with Gasteiger partial charge in [0.1, 0.15) is 0 Å². The molecule has 0 aromatic carbocycles. The zero-order valence-electron chi connectivity index (χ0n) is 10.6. The fourth-order valence-corrected chi connectivity index (χ4v) is 2.44.